The molecule has 0 amide bonds. The van der Waals surface area contributed by atoms with Gasteiger partial charge in [-0.1, -0.05) is 36.4 Å². The predicted molar refractivity (Wildman–Crippen MR) is 101 cm³/mol. The molecule has 0 spiro atoms. The quantitative estimate of drug-likeness (QED) is 0.638. The van der Waals surface area contributed by atoms with Crippen LogP contribution in [0.15, 0.2) is 72.8 Å². The van der Waals surface area contributed by atoms with E-state index in [1.807, 2.05) is 42.5 Å². The number of nitrogens with one attached hydrogen (secondary N) is 1. The van der Waals surface area contributed by atoms with Gasteiger partial charge in [-0.2, -0.15) is 0 Å². The van der Waals surface area contributed by atoms with Gasteiger partial charge in [0.1, 0.15) is 23.9 Å². The van der Waals surface area contributed by atoms with Crippen LogP contribution < -0.4 is 14.8 Å². The molecule has 0 aliphatic carbocycles. The predicted octanol–water partition coefficient (Wildman–Crippen LogP) is 4.70. The summed E-state index contributed by atoms with van der Waals surface area (Å²) >= 11 is 0. The van der Waals surface area contributed by atoms with Crippen molar-refractivity contribution >= 4 is 0 Å². The largest absolute Gasteiger partial charge is 0.497 e. The summed E-state index contributed by atoms with van der Waals surface area (Å²) in [6.45, 7) is 1.95. The van der Waals surface area contributed by atoms with Crippen molar-refractivity contribution in [3.63, 3.8) is 0 Å². The fraction of sp³-hybridized carbons (Fsp3) is 0.182. The fourth-order valence-corrected chi connectivity index (χ4v) is 2.59. The van der Waals surface area contributed by atoms with Gasteiger partial charge in [0.15, 0.2) is 0 Å². The lowest BCUT2D eigenvalue weighted by molar-refractivity contribution is 0.305. The van der Waals surface area contributed by atoms with Crippen LogP contribution in [-0.2, 0) is 19.7 Å². The van der Waals surface area contributed by atoms with Crippen LogP contribution in [0.5, 0.6) is 11.5 Å². The van der Waals surface area contributed by atoms with Gasteiger partial charge in [-0.25, -0.2) is 4.39 Å². The molecule has 0 heterocycles. The smallest absolute Gasteiger partial charge is 0.123 e. The summed E-state index contributed by atoms with van der Waals surface area (Å²) < 4.78 is 23.9. The van der Waals surface area contributed by atoms with E-state index in [0.717, 1.165) is 35.7 Å². The minimum atomic E-state index is -0.237. The maximum Gasteiger partial charge on any atom is 0.123 e. The second kappa shape index (κ2) is 9.02. The molecule has 1 N–H and O–H groups in total. The molecule has 3 aromatic rings. The lowest BCUT2D eigenvalue weighted by Crippen LogP contribution is -2.12. The van der Waals surface area contributed by atoms with Crippen LogP contribution >= 0.6 is 0 Å². The maximum absolute atomic E-state index is 12.9. The zero-order valence-electron chi connectivity index (χ0n) is 14.7. The third-order valence-corrected chi connectivity index (χ3v) is 4.03. The van der Waals surface area contributed by atoms with Crippen molar-refractivity contribution in [2.24, 2.45) is 0 Å². The molecule has 3 nitrogen and oxygen atoms in total. The topological polar surface area (TPSA) is 30.5 Å². The zero-order valence-corrected chi connectivity index (χ0v) is 14.7. The number of ether oxygens (including phenoxy) is 2. The van der Waals surface area contributed by atoms with Gasteiger partial charge in [0, 0.05) is 13.1 Å². The van der Waals surface area contributed by atoms with Gasteiger partial charge in [0.2, 0.25) is 0 Å². The Hall–Kier alpha value is -2.85. The third kappa shape index (κ3) is 5.33. The van der Waals surface area contributed by atoms with Crippen molar-refractivity contribution in [1.82, 2.24) is 5.32 Å². The average Bonchev–Trinajstić information content (AvgIpc) is 2.68. The van der Waals surface area contributed by atoms with Gasteiger partial charge in [-0.15, -0.1) is 0 Å². The van der Waals surface area contributed by atoms with Crippen LogP contribution in [0, 0.1) is 5.82 Å². The first-order chi connectivity index (χ1) is 12.7. The van der Waals surface area contributed by atoms with E-state index >= 15 is 0 Å². The Labute approximate surface area is 153 Å². The Morgan fingerprint density at radius 3 is 2.19 bits per heavy atom. The van der Waals surface area contributed by atoms with Gasteiger partial charge in [0.25, 0.3) is 0 Å². The van der Waals surface area contributed by atoms with Crippen molar-refractivity contribution in [2.75, 3.05) is 7.11 Å². The summed E-state index contributed by atoms with van der Waals surface area (Å²) in [5, 5.41) is 3.42. The van der Waals surface area contributed by atoms with E-state index in [2.05, 4.69) is 11.4 Å². The molecule has 0 fully saturated rings. The summed E-state index contributed by atoms with van der Waals surface area (Å²) in [4.78, 5) is 0. The number of rotatable bonds is 8. The molecule has 3 aromatic carbocycles. The molecule has 0 atom stereocenters. The average molecular weight is 351 g/mol. The van der Waals surface area contributed by atoms with Crippen LogP contribution in [0.25, 0.3) is 0 Å². The Morgan fingerprint density at radius 1 is 0.769 bits per heavy atom. The minimum absolute atomic E-state index is 0.237. The standard InChI is InChI=1S/C22H22FNO2/c1-25-21-11-7-17(8-12-21)14-24-15-19-3-2-4-22(13-19)26-16-18-5-9-20(23)10-6-18/h2-13,24H,14-16H2,1H3. The van der Waals surface area contributed by atoms with Crippen molar-refractivity contribution < 1.29 is 13.9 Å². The van der Waals surface area contributed by atoms with Gasteiger partial charge in [0.05, 0.1) is 7.11 Å². The first-order valence-electron chi connectivity index (χ1n) is 8.53. The molecule has 0 aliphatic heterocycles. The summed E-state index contributed by atoms with van der Waals surface area (Å²) in [6, 6.07) is 22.3. The molecule has 0 unspecified atom stereocenters. The molecule has 134 valence electrons. The molecule has 0 radical (unpaired) electrons. The molecule has 0 bridgehead atoms. The number of halogens is 1. The van der Waals surface area contributed by atoms with Crippen LogP contribution in [0.4, 0.5) is 4.39 Å². The molecule has 0 aliphatic rings. The molecule has 26 heavy (non-hydrogen) atoms. The van der Waals surface area contributed by atoms with Crippen LogP contribution in [-0.4, -0.2) is 7.11 Å². The molecule has 3 rings (SSSR count). The van der Waals surface area contributed by atoms with E-state index in [-0.39, 0.29) is 5.82 Å². The summed E-state index contributed by atoms with van der Waals surface area (Å²) in [5.74, 6) is 1.43. The summed E-state index contributed by atoms with van der Waals surface area (Å²) in [7, 11) is 1.67. The van der Waals surface area contributed by atoms with Crippen LogP contribution in [0.3, 0.4) is 0 Å². The van der Waals surface area contributed by atoms with Crippen molar-refractivity contribution in [3.8, 4) is 11.5 Å². The molecular weight excluding hydrogens is 329 g/mol. The van der Waals surface area contributed by atoms with E-state index in [4.69, 9.17) is 9.47 Å². The number of methoxy groups -OCH3 is 1. The van der Waals surface area contributed by atoms with Crippen molar-refractivity contribution in [3.05, 3.63) is 95.3 Å². The van der Waals surface area contributed by atoms with Crippen LogP contribution in [0.1, 0.15) is 16.7 Å². The molecular formula is C22H22FNO2. The highest BCUT2D eigenvalue weighted by Crippen LogP contribution is 2.16. The van der Waals surface area contributed by atoms with Crippen molar-refractivity contribution in [2.45, 2.75) is 19.7 Å². The molecule has 4 heteroatoms. The normalized spacial score (nSPS) is 10.5. The lowest BCUT2D eigenvalue weighted by atomic mass is 10.2. The second-order valence-electron chi connectivity index (χ2n) is 6.01. The lowest BCUT2D eigenvalue weighted by Gasteiger charge is -2.09. The SMILES string of the molecule is COc1ccc(CNCc2cccc(OCc3ccc(F)cc3)c2)cc1. The first kappa shape index (κ1) is 18.0. The van der Waals surface area contributed by atoms with Gasteiger partial charge >= 0.3 is 0 Å². The zero-order chi connectivity index (χ0) is 18.2. The van der Waals surface area contributed by atoms with E-state index in [9.17, 15) is 4.39 Å². The Kier molecular flexibility index (Phi) is 6.23. The van der Waals surface area contributed by atoms with E-state index in [0.29, 0.717) is 6.61 Å². The highest BCUT2D eigenvalue weighted by atomic mass is 19.1. The third-order valence-electron chi connectivity index (χ3n) is 4.03. The van der Waals surface area contributed by atoms with Gasteiger partial charge in [-0.05, 0) is 53.1 Å². The highest BCUT2D eigenvalue weighted by Gasteiger charge is 2.00. The molecule has 0 saturated heterocycles. The van der Waals surface area contributed by atoms with Gasteiger partial charge < -0.3 is 14.8 Å². The maximum atomic E-state index is 12.9. The minimum Gasteiger partial charge on any atom is -0.497 e. The highest BCUT2D eigenvalue weighted by molar-refractivity contribution is 5.30. The second-order valence-corrected chi connectivity index (χ2v) is 6.01. The Bertz CT molecular complexity index is 816. The first-order valence-corrected chi connectivity index (χ1v) is 8.53. The van der Waals surface area contributed by atoms with Crippen LogP contribution in [0.2, 0.25) is 0 Å². The van der Waals surface area contributed by atoms with E-state index < -0.39 is 0 Å². The Morgan fingerprint density at radius 2 is 1.46 bits per heavy atom. The molecule has 0 saturated carbocycles. The fourth-order valence-electron chi connectivity index (χ4n) is 2.59. The Balaban J connectivity index is 1.49. The summed E-state index contributed by atoms with van der Waals surface area (Å²) in [6.07, 6.45) is 0. The summed E-state index contributed by atoms with van der Waals surface area (Å²) in [5.41, 5.74) is 3.29. The van der Waals surface area contributed by atoms with Gasteiger partial charge in [-0.3, -0.25) is 0 Å². The molecule has 0 aromatic heterocycles. The van der Waals surface area contributed by atoms with Crippen molar-refractivity contribution in [1.29, 1.82) is 0 Å². The number of benzene rings is 3. The van der Waals surface area contributed by atoms with E-state index in [1.165, 1.54) is 17.7 Å². The number of hydrogen-bond acceptors (Lipinski definition) is 3. The van der Waals surface area contributed by atoms with E-state index in [1.54, 1.807) is 19.2 Å². The monoisotopic (exact) mass is 351 g/mol. The number of hydrogen-bond donors (Lipinski definition) is 1.